The number of aromatic nitrogens is 6. The van der Waals surface area contributed by atoms with Gasteiger partial charge >= 0.3 is 0 Å². The SMILES string of the molecule is Nc1nc(N2CCN3CC(CN(Cc4ccncc4)Cc4ccncc4)CCC3C2)cc2nc(-c3ccco3)nn12. The molecular formula is C30H34N10O. The van der Waals surface area contributed by atoms with Crippen molar-refractivity contribution in [3.63, 3.8) is 0 Å². The molecule has 210 valence electrons. The number of pyridine rings is 2. The van der Waals surface area contributed by atoms with Gasteiger partial charge in [0.05, 0.1) is 6.26 Å². The molecule has 2 N–H and O–H groups in total. The zero-order valence-corrected chi connectivity index (χ0v) is 23.0. The van der Waals surface area contributed by atoms with Crippen LogP contribution in [-0.2, 0) is 13.1 Å². The molecule has 0 spiro atoms. The van der Waals surface area contributed by atoms with Crippen molar-refractivity contribution in [3.05, 3.63) is 84.6 Å². The predicted molar refractivity (Wildman–Crippen MR) is 156 cm³/mol. The first kappa shape index (κ1) is 25.6. The maximum atomic E-state index is 6.31. The predicted octanol–water partition coefficient (Wildman–Crippen LogP) is 3.36. The lowest BCUT2D eigenvalue weighted by Crippen LogP contribution is -2.57. The smallest absolute Gasteiger partial charge is 0.225 e. The van der Waals surface area contributed by atoms with Gasteiger partial charge in [0.2, 0.25) is 11.8 Å². The van der Waals surface area contributed by atoms with Gasteiger partial charge in [-0.2, -0.15) is 9.50 Å². The lowest BCUT2D eigenvalue weighted by molar-refractivity contribution is 0.0725. The monoisotopic (exact) mass is 550 g/mol. The summed E-state index contributed by atoms with van der Waals surface area (Å²) in [5.74, 6) is 2.93. The average Bonchev–Trinajstić information content (AvgIpc) is 3.69. The van der Waals surface area contributed by atoms with Crippen LogP contribution in [0.1, 0.15) is 24.0 Å². The van der Waals surface area contributed by atoms with Gasteiger partial charge in [0.15, 0.2) is 11.4 Å². The Morgan fingerprint density at radius 3 is 2.37 bits per heavy atom. The Bertz CT molecular complexity index is 1530. The van der Waals surface area contributed by atoms with E-state index in [9.17, 15) is 0 Å². The Morgan fingerprint density at radius 1 is 0.902 bits per heavy atom. The molecule has 0 radical (unpaired) electrons. The molecule has 0 saturated carbocycles. The lowest BCUT2D eigenvalue weighted by atomic mass is 9.90. The fraction of sp³-hybridized carbons (Fsp3) is 0.367. The third-order valence-corrected chi connectivity index (χ3v) is 8.24. The summed E-state index contributed by atoms with van der Waals surface area (Å²) in [4.78, 5) is 25.3. The minimum Gasteiger partial charge on any atom is -0.461 e. The number of fused-ring (bicyclic) bond motifs is 2. The summed E-state index contributed by atoms with van der Waals surface area (Å²) >= 11 is 0. The van der Waals surface area contributed by atoms with Crippen molar-refractivity contribution in [3.8, 4) is 11.6 Å². The summed E-state index contributed by atoms with van der Waals surface area (Å²) < 4.78 is 7.04. The highest BCUT2D eigenvalue weighted by Gasteiger charge is 2.34. The summed E-state index contributed by atoms with van der Waals surface area (Å²) in [6, 6.07) is 14.6. The van der Waals surface area contributed by atoms with Crippen LogP contribution in [0, 0.1) is 5.92 Å². The maximum Gasteiger partial charge on any atom is 0.225 e. The van der Waals surface area contributed by atoms with Crippen LogP contribution in [-0.4, -0.2) is 78.1 Å². The number of piperidine rings is 1. The van der Waals surface area contributed by atoms with Gasteiger partial charge in [-0.05, 0) is 66.3 Å². The second kappa shape index (κ2) is 11.3. The van der Waals surface area contributed by atoms with Gasteiger partial charge in [-0.15, -0.1) is 5.10 Å². The van der Waals surface area contributed by atoms with Crippen molar-refractivity contribution < 1.29 is 4.42 Å². The average molecular weight is 551 g/mol. The van der Waals surface area contributed by atoms with Gasteiger partial charge in [-0.1, -0.05) is 0 Å². The molecule has 0 aromatic carbocycles. The van der Waals surface area contributed by atoms with E-state index in [4.69, 9.17) is 15.1 Å². The van der Waals surface area contributed by atoms with Crippen molar-refractivity contribution in [1.82, 2.24) is 39.3 Å². The number of furan rings is 1. The van der Waals surface area contributed by atoms with E-state index in [2.05, 4.69) is 59.0 Å². The summed E-state index contributed by atoms with van der Waals surface area (Å²) in [7, 11) is 0. The summed E-state index contributed by atoms with van der Waals surface area (Å²) in [5.41, 5.74) is 9.57. The Morgan fingerprint density at radius 2 is 1.66 bits per heavy atom. The van der Waals surface area contributed by atoms with Gasteiger partial charge in [-0.25, -0.2) is 4.98 Å². The van der Waals surface area contributed by atoms with E-state index in [1.54, 1.807) is 10.8 Å². The Balaban J connectivity index is 1.01. The minimum absolute atomic E-state index is 0.331. The normalized spacial score (nSPS) is 19.6. The van der Waals surface area contributed by atoms with Crippen molar-refractivity contribution in [2.24, 2.45) is 5.92 Å². The molecule has 11 heteroatoms. The molecule has 0 bridgehead atoms. The van der Waals surface area contributed by atoms with Crippen molar-refractivity contribution in [1.29, 1.82) is 0 Å². The Kier molecular flexibility index (Phi) is 7.03. The molecule has 5 aromatic rings. The maximum absolute atomic E-state index is 6.31. The third kappa shape index (κ3) is 5.63. The highest BCUT2D eigenvalue weighted by molar-refractivity contribution is 5.59. The number of nitrogen functional groups attached to an aromatic ring is 1. The van der Waals surface area contributed by atoms with Gasteiger partial charge in [0.1, 0.15) is 5.82 Å². The fourth-order valence-electron chi connectivity index (χ4n) is 6.23. The summed E-state index contributed by atoms with van der Waals surface area (Å²) in [5, 5.41) is 4.48. The van der Waals surface area contributed by atoms with Crippen LogP contribution in [0.25, 0.3) is 17.2 Å². The first-order valence-corrected chi connectivity index (χ1v) is 14.2. The molecule has 7 rings (SSSR count). The zero-order valence-electron chi connectivity index (χ0n) is 23.0. The van der Waals surface area contributed by atoms with E-state index in [1.165, 1.54) is 24.0 Å². The largest absolute Gasteiger partial charge is 0.461 e. The van der Waals surface area contributed by atoms with Gasteiger partial charge in [0.25, 0.3) is 0 Å². The summed E-state index contributed by atoms with van der Waals surface area (Å²) in [6.45, 7) is 6.86. The van der Waals surface area contributed by atoms with Gasteiger partial charge in [0, 0.05) is 82.7 Å². The molecule has 0 aliphatic carbocycles. The van der Waals surface area contributed by atoms with Crippen molar-refractivity contribution >= 4 is 17.4 Å². The Labute approximate surface area is 238 Å². The topological polar surface area (TPSA) is 118 Å². The highest BCUT2D eigenvalue weighted by Crippen LogP contribution is 2.29. The van der Waals surface area contributed by atoms with E-state index in [0.717, 1.165) is 51.6 Å². The summed E-state index contributed by atoms with van der Waals surface area (Å²) in [6.07, 6.45) is 11.5. The molecule has 2 aliphatic heterocycles. The van der Waals surface area contributed by atoms with Crippen molar-refractivity contribution in [2.45, 2.75) is 32.0 Å². The minimum atomic E-state index is 0.331. The molecule has 2 unspecified atom stereocenters. The Hall–Kier alpha value is -4.35. The van der Waals surface area contributed by atoms with Crippen LogP contribution < -0.4 is 10.6 Å². The van der Waals surface area contributed by atoms with E-state index in [-0.39, 0.29) is 0 Å². The van der Waals surface area contributed by atoms with Crippen LogP contribution >= 0.6 is 0 Å². The first-order chi connectivity index (χ1) is 20.2. The molecule has 5 aromatic heterocycles. The van der Waals surface area contributed by atoms with E-state index >= 15 is 0 Å². The molecule has 7 heterocycles. The highest BCUT2D eigenvalue weighted by atomic mass is 16.3. The van der Waals surface area contributed by atoms with Crippen LogP contribution in [0.3, 0.4) is 0 Å². The van der Waals surface area contributed by atoms with Crippen LogP contribution in [0.5, 0.6) is 0 Å². The molecule has 41 heavy (non-hydrogen) atoms. The first-order valence-electron chi connectivity index (χ1n) is 14.2. The van der Waals surface area contributed by atoms with Gasteiger partial charge < -0.3 is 15.1 Å². The number of hydrogen-bond donors (Lipinski definition) is 1. The van der Waals surface area contributed by atoms with E-state index < -0.39 is 0 Å². The number of anilines is 2. The van der Waals surface area contributed by atoms with Crippen LogP contribution in [0.4, 0.5) is 11.8 Å². The quantitative estimate of drug-likeness (QED) is 0.308. The zero-order chi connectivity index (χ0) is 27.6. The van der Waals surface area contributed by atoms with Crippen LogP contribution in [0.2, 0.25) is 0 Å². The molecule has 2 fully saturated rings. The molecule has 0 amide bonds. The van der Waals surface area contributed by atoms with Crippen molar-refractivity contribution in [2.75, 3.05) is 43.4 Å². The molecule has 2 aliphatic rings. The number of nitrogens with two attached hydrogens (primary N) is 1. The number of piperazine rings is 1. The third-order valence-electron chi connectivity index (χ3n) is 8.24. The van der Waals surface area contributed by atoms with E-state index in [0.29, 0.717) is 35.1 Å². The fourth-order valence-corrected chi connectivity index (χ4v) is 6.23. The molecule has 2 saturated heterocycles. The number of rotatable bonds is 8. The molecular weight excluding hydrogens is 516 g/mol. The second-order valence-electron chi connectivity index (χ2n) is 11.1. The number of hydrogen-bond acceptors (Lipinski definition) is 10. The second-order valence-corrected chi connectivity index (χ2v) is 11.1. The van der Waals surface area contributed by atoms with Gasteiger partial charge in [-0.3, -0.25) is 19.8 Å². The van der Waals surface area contributed by atoms with Crippen LogP contribution in [0.15, 0.2) is 77.9 Å². The lowest BCUT2D eigenvalue weighted by Gasteiger charge is -2.47. The molecule has 11 nitrogen and oxygen atoms in total. The standard InChI is InChI=1S/C30H34N10O/c31-30-35-27(16-28-34-29(36-40(28)30)26-2-1-15-41-26)39-14-13-38-20-24(3-4-25(38)21-39)19-37(17-22-5-9-32-10-6-22)18-23-7-11-33-12-8-23/h1-2,5-12,15-16,24-25H,3-4,13-14,17-21H2,(H2,31,35). The molecule has 2 atom stereocenters. The number of nitrogens with zero attached hydrogens (tertiary/aromatic N) is 9. The van der Waals surface area contributed by atoms with E-state index in [1.807, 2.05) is 43.0 Å².